The van der Waals surface area contributed by atoms with Gasteiger partial charge in [0.25, 0.3) is 0 Å². The van der Waals surface area contributed by atoms with Gasteiger partial charge in [0.15, 0.2) is 5.96 Å². The molecule has 1 aliphatic heterocycles. The molecule has 26 heavy (non-hydrogen) atoms. The maximum Gasteiger partial charge on any atom is 0.191 e. The summed E-state index contributed by atoms with van der Waals surface area (Å²) in [4.78, 5) is 7.02. The number of guanidine groups is 1. The number of morpholine rings is 1. The van der Waals surface area contributed by atoms with Crippen LogP contribution in [-0.4, -0.2) is 77.2 Å². The van der Waals surface area contributed by atoms with Crippen LogP contribution in [0.5, 0.6) is 0 Å². The molecule has 1 saturated heterocycles. The number of nitrogens with zero attached hydrogens (tertiary/aromatic N) is 4. The van der Waals surface area contributed by atoms with Crippen LogP contribution in [0, 0.1) is 0 Å². The fraction of sp³-hybridized carbons (Fsp3) is 0.778. The fourth-order valence-electron chi connectivity index (χ4n) is 3.12. The lowest BCUT2D eigenvalue weighted by atomic mass is 10.0. The third-order valence-corrected chi connectivity index (χ3v) is 4.77. The van der Waals surface area contributed by atoms with Crippen LogP contribution in [0.3, 0.4) is 0 Å². The first kappa shape index (κ1) is 20.7. The Kier molecular flexibility index (Phi) is 7.43. The summed E-state index contributed by atoms with van der Waals surface area (Å²) in [6.07, 6.45) is 3.50. The molecule has 0 spiro atoms. The fourth-order valence-corrected chi connectivity index (χ4v) is 3.12. The smallest absolute Gasteiger partial charge is 0.191 e. The molecule has 0 radical (unpaired) electrons. The minimum absolute atomic E-state index is 0.260. The number of aliphatic hydroxyl groups is 1. The van der Waals surface area contributed by atoms with E-state index in [0.29, 0.717) is 18.0 Å². The van der Waals surface area contributed by atoms with Gasteiger partial charge in [-0.1, -0.05) is 0 Å². The molecular formula is C18H34N6O2. The third-order valence-electron chi connectivity index (χ3n) is 4.77. The van der Waals surface area contributed by atoms with Crippen LogP contribution in [0.4, 0.5) is 0 Å². The summed E-state index contributed by atoms with van der Waals surface area (Å²) in [5.41, 5.74) is -0.295. The molecule has 8 nitrogen and oxygen atoms in total. The molecule has 1 aliphatic rings. The molecular weight excluding hydrogens is 332 g/mol. The molecule has 3 N–H and O–H groups in total. The molecule has 2 rings (SSSR count). The second-order valence-corrected chi connectivity index (χ2v) is 7.26. The van der Waals surface area contributed by atoms with Gasteiger partial charge in [-0.2, -0.15) is 5.10 Å². The molecule has 148 valence electrons. The SMILES string of the molecule is CCNC(=NCC(C)(O)c1cnn(C)c1)NCC(C)N1CCOCC1C. The van der Waals surface area contributed by atoms with Gasteiger partial charge in [0.1, 0.15) is 5.60 Å². The van der Waals surface area contributed by atoms with E-state index in [4.69, 9.17) is 4.74 Å². The molecule has 0 aliphatic carbocycles. The number of nitrogens with one attached hydrogen (secondary N) is 2. The van der Waals surface area contributed by atoms with Crippen molar-refractivity contribution in [1.82, 2.24) is 25.3 Å². The summed E-state index contributed by atoms with van der Waals surface area (Å²) in [7, 11) is 1.84. The second kappa shape index (κ2) is 9.34. The van der Waals surface area contributed by atoms with Gasteiger partial charge in [-0.3, -0.25) is 9.58 Å². The molecule has 8 heteroatoms. The zero-order chi connectivity index (χ0) is 19.2. The normalized spacial score (nSPS) is 22.7. The highest BCUT2D eigenvalue weighted by atomic mass is 16.5. The number of aryl methyl sites for hydroxylation is 1. The van der Waals surface area contributed by atoms with Crippen molar-refractivity contribution in [1.29, 1.82) is 0 Å². The van der Waals surface area contributed by atoms with E-state index in [2.05, 4.69) is 39.5 Å². The number of rotatable bonds is 7. The van der Waals surface area contributed by atoms with Gasteiger partial charge >= 0.3 is 0 Å². The van der Waals surface area contributed by atoms with E-state index in [9.17, 15) is 5.11 Å². The third kappa shape index (κ3) is 5.69. The Morgan fingerprint density at radius 1 is 1.54 bits per heavy atom. The van der Waals surface area contributed by atoms with Crippen molar-refractivity contribution in [2.24, 2.45) is 12.0 Å². The van der Waals surface area contributed by atoms with Crippen molar-refractivity contribution >= 4 is 5.96 Å². The zero-order valence-electron chi connectivity index (χ0n) is 16.7. The maximum atomic E-state index is 10.7. The van der Waals surface area contributed by atoms with E-state index >= 15 is 0 Å². The lowest BCUT2D eigenvalue weighted by Crippen LogP contribution is -2.53. The molecule has 1 aromatic heterocycles. The van der Waals surface area contributed by atoms with Crippen LogP contribution >= 0.6 is 0 Å². The standard InChI is InChI=1S/C18H34N6O2/c1-6-19-17(20-9-14(2)24-7-8-26-12-15(24)3)21-13-18(4,25)16-10-22-23(5)11-16/h10-11,14-15,25H,6-9,12-13H2,1-5H3,(H2,19,20,21). The molecule has 0 bridgehead atoms. The number of hydrogen-bond acceptors (Lipinski definition) is 5. The molecule has 0 amide bonds. The van der Waals surface area contributed by atoms with Gasteiger partial charge in [0.05, 0.1) is 26.0 Å². The number of ether oxygens (including phenoxy) is 1. The Morgan fingerprint density at radius 2 is 2.31 bits per heavy atom. The first-order chi connectivity index (χ1) is 12.3. The highest BCUT2D eigenvalue weighted by Gasteiger charge is 2.25. The minimum Gasteiger partial charge on any atom is -0.383 e. The van der Waals surface area contributed by atoms with Crippen LogP contribution in [0.1, 0.15) is 33.3 Å². The lowest BCUT2D eigenvalue weighted by molar-refractivity contribution is -0.0174. The van der Waals surface area contributed by atoms with Crippen molar-refractivity contribution in [2.75, 3.05) is 39.4 Å². The topological polar surface area (TPSA) is 86.9 Å². The Morgan fingerprint density at radius 3 is 2.92 bits per heavy atom. The van der Waals surface area contributed by atoms with E-state index in [1.54, 1.807) is 17.8 Å². The van der Waals surface area contributed by atoms with Crippen LogP contribution in [0.15, 0.2) is 17.4 Å². The van der Waals surface area contributed by atoms with Gasteiger partial charge in [-0.05, 0) is 27.7 Å². The quantitative estimate of drug-likeness (QED) is 0.475. The Bertz CT molecular complexity index is 586. The van der Waals surface area contributed by atoms with E-state index in [-0.39, 0.29) is 6.54 Å². The van der Waals surface area contributed by atoms with Gasteiger partial charge in [0, 0.05) is 50.5 Å². The summed E-state index contributed by atoms with van der Waals surface area (Å²) in [5.74, 6) is 0.712. The van der Waals surface area contributed by atoms with Crippen molar-refractivity contribution in [3.05, 3.63) is 18.0 Å². The summed E-state index contributed by atoms with van der Waals surface area (Å²) in [5, 5.41) is 21.5. The zero-order valence-corrected chi connectivity index (χ0v) is 16.7. The predicted molar refractivity (Wildman–Crippen MR) is 103 cm³/mol. The first-order valence-electron chi connectivity index (χ1n) is 9.40. The molecule has 3 unspecified atom stereocenters. The highest BCUT2D eigenvalue weighted by Crippen LogP contribution is 2.19. The maximum absolute atomic E-state index is 10.7. The number of hydrogen-bond donors (Lipinski definition) is 3. The molecule has 2 heterocycles. The first-order valence-corrected chi connectivity index (χ1v) is 9.40. The Labute approximate surface area is 156 Å². The second-order valence-electron chi connectivity index (χ2n) is 7.26. The summed E-state index contributed by atoms with van der Waals surface area (Å²) < 4.78 is 7.20. The molecule has 0 saturated carbocycles. The number of aliphatic imine (C=N–C) groups is 1. The van der Waals surface area contributed by atoms with Crippen molar-refractivity contribution in [3.8, 4) is 0 Å². The lowest BCUT2D eigenvalue weighted by Gasteiger charge is -2.38. The van der Waals surface area contributed by atoms with Gasteiger partial charge in [-0.15, -0.1) is 0 Å². The monoisotopic (exact) mass is 366 g/mol. The van der Waals surface area contributed by atoms with Crippen molar-refractivity contribution in [2.45, 2.75) is 45.4 Å². The minimum atomic E-state index is -1.05. The Balaban J connectivity index is 1.93. The van der Waals surface area contributed by atoms with E-state index in [1.807, 2.05) is 20.2 Å². The van der Waals surface area contributed by atoms with Crippen molar-refractivity contribution < 1.29 is 9.84 Å². The largest absolute Gasteiger partial charge is 0.383 e. The van der Waals surface area contributed by atoms with Crippen LogP contribution in [0.25, 0.3) is 0 Å². The van der Waals surface area contributed by atoms with Crippen LogP contribution in [-0.2, 0) is 17.4 Å². The average Bonchev–Trinajstić information content (AvgIpc) is 3.05. The highest BCUT2D eigenvalue weighted by molar-refractivity contribution is 5.79. The number of aromatic nitrogens is 2. The van der Waals surface area contributed by atoms with E-state index in [0.717, 1.165) is 38.4 Å². The molecule has 3 atom stereocenters. The van der Waals surface area contributed by atoms with Crippen LogP contribution < -0.4 is 10.6 Å². The Hall–Kier alpha value is -1.64. The van der Waals surface area contributed by atoms with Gasteiger partial charge in [0.2, 0.25) is 0 Å². The summed E-state index contributed by atoms with van der Waals surface area (Å²) in [6.45, 7) is 12.5. The molecule has 1 fully saturated rings. The summed E-state index contributed by atoms with van der Waals surface area (Å²) >= 11 is 0. The summed E-state index contributed by atoms with van der Waals surface area (Å²) in [6, 6.07) is 0.794. The van der Waals surface area contributed by atoms with E-state index < -0.39 is 5.60 Å². The van der Waals surface area contributed by atoms with Gasteiger partial charge < -0.3 is 20.5 Å². The molecule has 1 aromatic rings. The van der Waals surface area contributed by atoms with Crippen LogP contribution in [0.2, 0.25) is 0 Å². The van der Waals surface area contributed by atoms with Gasteiger partial charge in [-0.25, -0.2) is 4.99 Å². The molecule has 0 aromatic carbocycles. The van der Waals surface area contributed by atoms with E-state index in [1.165, 1.54) is 0 Å². The predicted octanol–water partition coefficient (Wildman–Crippen LogP) is 0.292. The van der Waals surface area contributed by atoms with Crippen molar-refractivity contribution in [3.63, 3.8) is 0 Å². The average molecular weight is 367 g/mol.